The van der Waals surface area contributed by atoms with Gasteiger partial charge in [0.1, 0.15) is 13.2 Å². The summed E-state index contributed by atoms with van der Waals surface area (Å²) >= 11 is 0. The standard InChI is InChI=1S/C63H100O6/c1-4-7-10-13-16-19-22-25-27-29-31-33-35-38-41-44-47-50-53-56-62(65)68-59-60(58-67-61(64)55-52-49-46-43-40-37-24-21-18-15-12-9-6-3)69-63(66)57-54-51-48-45-42-39-36-34-32-30-28-26-23-20-17-14-11-8-5-2/h7,10,16-17,19-21,24-28,31-34,38-39,41-42,47,50,60H,4-6,8-9,11-15,18,22-23,29-30,35-37,40,43-46,48-49,51-59H2,1-3H3/b10-7+,19-16+,20-17+,24-21+,27-25+,28-26+,33-31+,34-32+,41-38+,42-39+,50-47+/t60-/m1/s1. The van der Waals surface area contributed by atoms with E-state index in [4.69, 9.17) is 14.2 Å². The zero-order valence-electron chi connectivity index (χ0n) is 44.3. The summed E-state index contributed by atoms with van der Waals surface area (Å²) in [6.07, 6.45) is 78.7. The summed E-state index contributed by atoms with van der Waals surface area (Å²) in [5.41, 5.74) is 0. The van der Waals surface area contributed by atoms with Gasteiger partial charge in [0.2, 0.25) is 0 Å². The molecule has 0 aliphatic heterocycles. The van der Waals surface area contributed by atoms with Gasteiger partial charge in [-0.3, -0.25) is 14.4 Å². The van der Waals surface area contributed by atoms with Crippen LogP contribution < -0.4 is 0 Å². The summed E-state index contributed by atoms with van der Waals surface area (Å²) in [6.45, 7) is 6.37. The van der Waals surface area contributed by atoms with E-state index in [2.05, 4.69) is 142 Å². The molecule has 0 radical (unpaired) electrons. The minimum atomic E-state index is -0.834. The number of ether oxygens (including phenoxy) is 3. The molecular weight excluding hydrogens is 853 g/mol. The van der Waals surface area contributed by atoms with Crippen LogP contribution in [0.25, 0.3) is 0 Å². The molecule has 0 aromatic carbocycles. The Morgan fingerprint density at radius 2 is 0.594 bits per heavy atom. The molecule has 0 bridgehead atoms. The van der Waals surface area contributed by atoms with Crippen LogP contribution in [-0.2, 0) is 28.6 Å². The number of rotatable bonds is 48. The molecule has 0 aliphatic rings. The van der Waals surface area contributed by atoms with Crippen molar-refractivity contribution in [2.24, 2.45) is 0 Å². The van der Waals surface area contributed by atoms with Crippen LogP contribution in [0.1, 0.15) is 226 Å². The average molecular weight is 953 g/mol. The van der Waals surface area contributed by atoms with E-state index in [9.17, 15) is 14.4 Å². The highest BCUT2D eigenvalue weighted by atomic mass is 16.6. The quantitative estimate of drug-likeness (QED) is 0.0262. The Hall–Kier alpha value is -4.45. The highest BCUT2D eigenvalue weighted by molar-refractivity contribution is 5.71. The average Bonchev–Trinajstić information content (AvgIpc) is 3.35. The second-order valence-corrected chi connectivity index (χ2v) is 17.7. The minimum Gasteiger partial charge on any atom is -0.462 e. The molecule has 0 aromatic heterocycles. The fourth-order valence-electron chi connectivity index (χ4n) is 6.97. The molecule has 69 heavy (non-hydrogen) atoms. The first-order valence-corrected chi connectivity index (χ1v) is 27.7. The molecule has 1 atom stereocenters. The normalized spacial score (nSPS) is 13.1. The van der Waals surface area contributed by atoms with E-state index >= 15 is 0 Å². The summed E-state index contributed by atoms with van der Waals surface area (Å²) in [7, 11) is 0. The van der Waals surface area contributed by atoms with Crippen LogP contribution >= 0.6 is 0 Å². The van der Waals surface area contributed by atoms with Crippen LogP contribution in [0, 0.1) is 0 Å². The van der Waals surface area contributed by atoms with Crippen LogP contribution in [0.4, 0.5) is 0 Å². The smallest absolute Gasteiger partial charge is 0.306 e. The molecule has 0 aliphatic carbocycles. The molecule has 6 heteroatoms. The van der Waals surface area contributed by atoms with Crippen LogP contribution in [0.2, 0.25) is 0 Å². The minimum absolute atomic E-state index is 0.123. The van der Waals surface area contributed by atoms with E-state index in [1.165, 1.54) is 64.2 Å². The number of carbonyl (C=O) groups excluding carboxylic acids is 3. The van der Waals surface area contributed by atoms with Crippen molar-refractivity contribution in [2.75, 3.05) is 13.2 Å². The van der Waals surface area contributed by atoms with Gasteiger partial charge >= 0.3 is 17.9 Å². The summed E-state index contributed by atoms with van der Waals surface area (Å²) in [5, 5.41) is 0. The number of esters is 3. The number of unbranched alkanes of at least 4 members (excludes halogenated alkanes) is 15. The van der Waals surface area contributed by atoms with Gasteiger partial charge in [0.15, 0.2) is 6.10 Å². The van der Waals surface area contributed by atoms with Gasteiger partial charge in [0, 0.05) is 19.3 Å². The fraction of sp³-hybridized carbons (Fsp3) is 0.603. The van der Waals surface area contributed by atoms with Gasteiger partial charge in [-0.15, -0.1) is 0 Å². The van der Waals surface area contributed by atoms with Gasteiger partial charge in [-0.1, -0.05) is 212 Å². The van der Waals surface area contributed by atoms with E-state index in [1.54, 1.807) is 0 Å². The molecule has 0 saturated carbocycles. The molecule has 0 heterocycles. The van der Waals surface area contributed by atoms with Crippen molar-refractivity contribution in [1.82, 2.24) is 0 Å². The maximum atomic E-state index is 12.8. The first kappa shape index (κ1) is 64.5. The van der Waals surface area contributed by atoms with Crippen LogP contribution in [-0.4, -0.2) is 37.2 Å². The van der Waals surface area contributed by atoms with Crippen molar-refractivity contribution in [2.45, 2.75) is 232 Å². The molecular formula is C63H100O6. The van der Waals surface area contributed by atoms with Crippen LogP contribution in [0.3, 0.4) is 0 Å². The lowest BCUT2D eigenvalue weighted by Gasteiger charge is -2.18. The molecule has 0 rings (SSSR count). The lowest BCUT2D eigenvalue weighted by atomic mass is 10.1. The number of hydrogen-bond acceptors (Lipinski definition) is 6. The predicted molar refractivity (Wildman–Crippen MR) is 297 cm³/mol. The van der Waals surface area contributed by atoms with Gasteiger partial charge in [-0.25, -0.2) is 0 Å². The molecule has 0 unspecified atom stereocenters. The highest BCUT2D eigenvalue weighted by Gasteiger charge is 2.19. The molecule has 6 nitrogen and oxygen atoms in total. The Balaban J connectivity index is 4.59. The van der Waals surface area contributed by atoms with Gasteiger partial charge in [0.05, 0.1) is 0 Å². The summed E-state index contributed by atoms with van der Waals surface area (Å²) in [6, 6.07) is 0. The zero-order valence-corrected chi connectivity index (χ0v) is 44.3. The third kappa shape index (κ3) is 54.4. The molecule has 0 fully saturated rings. The first-order valence-electron chi connectivity index (χ1n) is 27.7. The van der Waals surface area contributed by atoms with Crippen LogP contribution in [0.15, 0.2) is 134 Å². The topological polar surface area (TPSA) is 78.9 Å². The van der Waals surface area contributed by atoms with Crippen molar-refractivity contribution >= 4 is 17.9 Å². The first-order chi connectivity index (χ1) is 34.0. The third-order valence-electron chi connectivity index (χ3n) is 11.1. The van der Waals surface area contributed by atoms with Crippen molar-refractivity contribution in [3.63, 3.8) is 0 Å². The Bertz CT molecular complexity index is 1510. The van der Waals surface area contributed by atoms with Crippen molar-refractivity contribution in [1.29, 1.82) is 0 Å². The SMILES string of the molecule is CC/C=C/C/C=C/C/C=C/C/C=C/C/C=C/C/C=C/CCC(=O)OC[C@@H](COC(=O)CCCCCCC/C=C/CCCCCC)OC(=O)CCCCC/C=C/C/C=C/C/C=C/C/C=C/CCCCC. The monoisotopic (exact) mass is 953 g/mol. The molecule has 0 spiro atoms. The highest BCUT2D eigenvalue weighted by Crippen LogP contribution is 2.12. The predicted octanol–water partition coefficient (Wildman–Crippen LogP) is 18.6. The van der Waals surface area contributed by atoms with Crippen molar-refractivity contribution in [3.05, 3.63) is 134 Å². The maximum absolute atomic E-state index is 12.8. The Morgan fingerprint density at radius 3 is 1.03 bits per heavy atom. The zero-order chi connectivity index (χ0) is 50.0. The second kappa shape index (κ2) is 56.1. The summed E-state index contributed by atoms with van der Waals surface area (Å²) in [4.78, 5) is 38.1. The lowest BCUT2D eigenvalue weighted by molar-refractivity contribution is -0.166. The van der Waals surface area contributed by atoms with Gasteiger partial charge in [0.25, 0.3) is 0 Å². The van der Waals surface area contributed by atoms with Crippen LogP contribution in [0.5, 0.6) is 0 Å². The van der Waals surface area contributed by atoms with E-state index in [0.29, 0.717) is 19.3 Å². The summed E-state index contributed by atoms with van der Waals surface area (Å²) < 4.78 is 16.7. The van der Waals surface area contributed by atoms with Crippen molar-refractivity contribution in [3.8, 4) is 0 Å². The fourth-order valence-corrected chi connectivity index (χ4v) is 6.97. The Morgan fingerprint density at radius 1 is 0.304 bits per heavy atom. The summed E-state index contributed by atoms with van der Waals surface area (Å²) in [5.74, 6) is -1.06. The third-order valence-corrected chi connectivity index (χ3v) is 11.1. The Kier molecular flexibility index (Phi) is 52.5. The van der Waals surface area contributed by atoms with E-state index < -0.39 is 6.10 Å². The van der Waals surface area contributed by atoms with Gasteiger partial charge in [-0.05, 0) is 128 Å². The van der Waals surface area contributed by atoms with E-state index in [-0.39, 0.29) is 44.0 Å². The molecule has 0 saturated heterocycles. The van der Waals surface area contributed by atoms with Gasteiger partial charge < -0.3 is 14.2 Å². The Labute approximate surface area is 424 Å². The molecule has 0 amide bonds. The maximum Gasteiger partial charge on any atom is 0.306 e. The molecule has 0 N–H and O–H groups in total. The van der Waals surface area contributed by atoms with Gasteiger partial charge in [-0.2, -0.15) is 0 Å². The molecule has 0 aromatic rings. The molecule has 388 valence electrons. The number of carbonyl (C=O) groups is 3. The number of allylic oxidation sites excluding steroid dienone is 22. The lowest BCUT2D eigenvalue weighted by Crippen LogP contribution is -2.30. The largest absolute Gasteiger partial charge is 0.462 e. The number of hydrogen-bond donors (Lipinski definition) is 0. The van der Waals surface area contributed by atoms with E-state index in [1.807, 2.05) is 12.2 Å². The second-order valence-electron chi connectivity index (χ2n) is 17.7. The van der Waals surface area contributed by atoms with E-state index in [0.717, 1.165) is 109 Å². The van der Waals surface area contributed by atoms with Crippen molar-refractivity contribution < 1.29 is 28.6 Å².